The van der Waals surface area contributed by atoms with Gasteiger partial charge in [-0.05, 0) is 32.9 Å². The Balaban J connectivity index is 3.22. The van der Waals surface area contributed by atoms with E-state index in [1.807, 2.05) is 19.9 Å². The number of carbonyl (C=O) groups excluding carboxylic acids is 1. The van der Waals surface area contributed by atoms with Crippen LogP contribution in [0.4, 0.5) is 0 Å². The van der Waals surface area contributed by atoms with Crippen LogP contribution < -0.4 is 9.47 Å². The highest BCUT2D eigenvalue weighted by atomic mass is 79.9. The molecule has 0 aliphatic rings. The number of carbonyl (C=O) groups is 1. The van der Waals surface area contributed by atoms with Gasteiger partial charge in [0.05, 0.1) is 18.0 Å². The number of alkyl halides is 1. The Bertz CT molecular complexity index is 364. The van der Waals surface area contributed by atoms with E-state index in [4.69, 9.17) is 9.47 Å². The molecule has 0 spiro atoms. The third-order valence-corrected chi connectivity index (χ3v) is 2.61. The second-order valence-electron chi connectivity index (χ2n) is 3.48. The van der Waals surface area contributed by atoms with Crippen LogP contribution in [-0.4, -0.2) is 23.8 Å². The van der Waals surface area contributed by atoms with Crippen LogP contribution >= 0.6 is 15.9 Å². The van der Waals surface area contributed by atoms with Crippen LogP contribution in [0.2, 0.25) is 0 Å². The second-order valence-corrected chi connectivity index (χ2v) is 4.85. The normalized spacial score (nSPS) is 12.0. The van der Waals surface area contributed by atoms with Crippen LogP contribution in [0.3, 0.4) is 0 Å². The molecule has 0 saturated carbocycles. The molecule has 0 amide bonds. The smallest absolute Gasteiger partial charge is 0.183 e. The minimum Gasteiger partial charge on any atom is -0.493 e. The first-order valence-electron chi connectivity index (χ1n) is 5.68. The van der Waals surface area contributed by atoms with E-state index in [0.717, 1.165) is 0 Å². The maximum atomic E-state index is 12.1. The van der Waals surface area contributed by atoms with E-state index in [0.29, 0.717) is 30.3 Å². The highest BCUT2D eigenvalue weighted by Crippen LogP contribution is 2.31. The standard InChI is InChI=1S/C13H17BrO3/c1-4-16-10-7-6-8-11(17-5-2)12(10)13(15)9(3)14/h6-9H,4-5H2,1-3H3. The molecule has 94 valence electrons. The van der Waals surface area contributed by atoms with Gasteiger partial charge in [-0.15, -0.1) is 0 Å². The summed E-state index contributed by atoms with van der Waals surface area (Å²) in [5, 5.41) is 0. The minimum absolute atomic E-state index is 0.0301. The van der Waals surface area contributed by atoms with Gasteiger partial charge in [-0.1, -0.05) is 22.0 Å². The number of ketones is 1. The van der Waals surface area contributed by atoms with E-state index in [2.05, 4.69) is 15.9 Å². The molecule has 0 heterocycles. The van der Waals surface area contributed by atoms with Crippen molar-refractivity contribution in [1.29, 1.82) is 0 Å². The minimum atomic E-state index is -0.261. The van der Waals surface area contributed by atoms with Crippen molar-refractivity contribution in [3.63, 3.8) is 0 Å². The van der Waals surface area contributed by atoms with Crippen molar-refractivity contribution >= 4 is 21.7 Å². The summed E-state index contributed by atoms with van der Waals surface area (Å²) in [4.78, 5) is 11.9. The van der Waals surface area contributed by atoms with Crippen molar-refractivity contribution < 1.29 is 14.3 Å². The molecule has 1 rings (SSSR count). The quantitative estimate of drug-likeness (QED) is 0.596. The molecule has 0 aliphatic carbocycles. The van der Waals surface area contributed by atoms with Gasteiger partial charge in [0.25, 0.3) is 0 Å². The Hall–Kier alpha value is -1.03. The van der Waals surface area contributed by atoms with Crippen LogP contribution in [-0.2, 0) is 0 Å². The van der Waals surface area contributed by atoms with Crippen molar-refractivity contribution in [3.05, 3.63) is 23.8 Å². The van der Waals surface area contributed by atoms with Gasteiger partial charge in [0.1, 0.15) is 17.1 Å². The molecule has 17 heavy (non-hydrogen) atoms. The first-order chi connectivity index (χ1) is 8.11. The molecule has 0 N–H and O–H groups in total. The third-order valence-electron chi connectivity index (χ3n) is 2.20. The van der Waals surface area contributed by atoms with Gasteiger partial charge in [0, 0.05) is 0 Å². The van der Waals surface area contributed by atoms with Crippen LogP contribution in [0.25, 0.3) is 0 Å². The first kappa shape index (κ1) is 14.0. The molecule has 1 atom stereocenters. The number of benzene rings is 1. The summed E-state index contributed by atoms with van der Waals surface area (Å²) in [6, 6.07) is 5.40. The van der Waals surface area contributed by atoms with Crippen molar-refractivity contribution in [2.45, 2.75) is 25.6 Å². The Labute approximate surface area is 110 Å². The van der Waals surface area contributed by atoms with Gasteiger partial charge in [0.15, 0.2) is 5.78 Å². The van der Waals surface area contributed by atoms with Crippen molar-refractivity contribution in [2.24, 2.45) is 0 Å². The van der Waals surface area contributed by atoms with Crippen molar-refractivity contribution in [3.8, 4) is 11.5 Å². The zero-order chi connectivity index (χ0) is 12.8. The number of hydrogen-bond acceptors (Lipinski definition) is 3. The van der Waals surface area contributed by atoms with E-state index >= 15 is 0 Å². The molecule has 1 aromatic rings. The lowest BCUT2D eigenvalue weighted by Crippen LogP contribution is -2.14. The van der Waals surface area contributed by atoms with Gasteiger partial charge < -0.3 is 9.47 Å². The predicted molar refractivity (Wildman–Crippen MR) is 71.5 cm³/mol. The molecule has 0 bridgehead atoms. The predicted octanol–water partition coefficient (Wildman–Crippen LogP) is 3.45. The van der Waals surface area contributed by atoms with Crippen LogP contribution in [0.5, 0.6) is 11.5 Å². The zero-order valence-electron chi connectivity index (χ0n) is 10.3. The lowest BCUT2D eigenvalue weighted by Gasteiger charge is -2.15. The molecule has 1 unspecified atom stereocenters. The molecule has 0 fully saturated rings. The summed E-state index contributed by atoms with van der Waals surface area (Å²) in [6.45, 7) is 6.61. The molecule has 0 aromatic heterocycles. The molecule has 0 saturated heterocycles. The van der Waals surface area contributed by atoms with Gasteiger partial charge in [0.2, 0.25) is 0 Å². The van der Waals surface area contributed by atoms with E-state index in [9.17, 15) is 4.79 Å². The van der Waals surface area contributed by atoms with Crippen LogP contribution in [0, 0.1) is 0 Å². The highest BCUT2D eigenvalue weighted by Gasteiger charge is 2.21. The maximum absolute atomic E-state index is 12.1. The van der Waals surface area contributed by atoms with Gasteiger partial charge >= 0.3 is 0 Å². The summed E-state index contributed by atoms with van der Waals surface area (Å²) in [7, 11) is 0. The fraction of sp³-hybridized carbons (Fsp3) is 0.462. The Morgan fingerprint density at radius 1 is 1.24 bits per heavy atom. The average molecular weight is 301 g/mol. The lowest BCUT2D eigenvalue weighted by molar-refractivity contribution is 0.0988. The van der Waals surface area contributed by atoms with Crippen LogP contribution in [0.1, 0.15) is 31.1 Å². The Morgan fingerprint density at radius 2 is 1.71 bits per heavy atom. The summed E-state index contributed by atoms with van der Waals surface area (Å²) >= 11 is 3.29. The summed E-state index contributed by atoms with van der Waals surface area (Å²) < 4.78 is 10.9. The number of hydrogen-bond donors (Lipinski definition) is 0. The fourth-order valence-corrected chi connectivity index (χ4v) is 1.73. The van der Waals surface area contributed by atoms with E-state index < -0.39 is 0 Å². The third kappa shape index (κ3) is 3.46. The molecule has 0 radical (unpaired) electrons. The molecule has 0 aliphatic heterocycles. The first-order valence-corrected chi connectivity index (χ1v) is 6.60. The topological polar surface area (TPSA) is 35.5 Å². The molecule has 1 aromatic carbocycles. The van der Waals surface area contributed by atoms with Crippen molar-refractivity contribution in [1.82, 2.24) is 0 Å². The van der Waals surface area contributed by atoms with Gasteiger partial charge in [-0.2, -0.15) is 0 Å². The molecule has 3 nitrogen and oxygen atoms in total. The molecular weight excluding hydrogens is 284 g/mol. The lowest BCUT2D eigenvalue weighted by atomic mass is 10.1. The largest absolute Gasteiger partial charge is 0.493 e. The average Bonchev–Trinajstić information content (AvgIpc) is 2.29. The van der Waals surface area contributed by atoms with Gasteiger partial charge in [-0.3, -0.25) is 4.79 Å². The van der Waals surface area contributed by atoms with Crippen molar-refractivity contribution in [2.75, 3.05) is 13.2 Å². The maximum Gasteiger partial charge on any atom is 0.183 e. The molecule has 4 heteroatoms. The molecular formula is C13H17BrO3. The number of ether oxygens (including phenoxy) is 2. The van der Waals surface area contributed by atoms with E-state index in [1.165, 1.54) is 0 Å². The zero-order valence-corrected chi connectivity index (χ0v) is 11.9. The number of Topliss-reactive ketones (excluding diaryl/α,β-unsaturated/α-hetero) is 1. The Morgan fingerprint density at radius 3 is 2.06 bits per heavy atom. The fourth-order valence-electron chi connectivity index (χ4n) is 1.50. The van der Waals surface area contributed by atoms with E-state index in [-0.39, 0.29) is 10.6 Å². The summed E-state index contributed by atoms with van der Waals surface area (Å²) in [6.07, 6.45) is 0. The second kappa shape index (κ2) is 6.64. The summed E-state index contributed by atoms with van der Waals surface area (Å²) in [5.41, 5.74) is 0.514. The Kier molecular flexibility index (Phi) is 5.48. The van der Waals surface area contributed by atoms with Crippen LogP contribution in [0.15, 0.2) is 18.2 Å². The van der Waals surface area contributed by atoms with E-state index in [1.54, 1.807) is 19.1 Å². The van der Waals surface area contributed by atoms with Gasteiger partial charge in [-0.25, -0.2) is 0 Å². The monoisotopic (exact) mass is 300 g/mol. The highest BCUT2D eigenvalue weighted by molar-refractivity contribution is 9.10. The number of rotatable bonds is 6. The number of halogens is 1. The summed E-state index contributed by atoms with van der Waals surface area (Å²) in [5.74, 6) is 1.13. The SMILES string of the molecule is CCOc1cccc(OCC)c1C(=O)C(C)Br.